The second-order valence-corrected chi connectivity index (χ2v) is 6.71. The zero-order chi connectivity index (χ0) is 17.7. The van der Waals surface area contributed by atoms with Crippen molar-refractivity contribution in [2.75, 3.05) is 19.8 Å². The molecule has 1 aromatic carbocycles. The van der Waals surface area contributed by atoms with Gasteiger partial charge in [0, 0.05) is 6.07 Å². The Hall–Kier alpha value is -2.85. The molecule has 0 atom stereocenters. The Morgan fingerprint density at radius 1 is 1.20 bits per heavy atom. The quantitative estimate of drug-likeness (QED) is 0.568. The molecule has 0 unspecified atom stereocenters. The van der Waals surface area contributed by atoms with Crippen LogP contribution in [0.2, 0.25) is 0 Å². The first-order valence-electron chi connectivity index (χ1n) is 7.29. The van der Waals surface area contributed by atoms with Crippen molar-refractivity contribution in [1.82, 2.24) is 10.1 Å². The number of carbonyl (C=O) groups excluding carboxylic acids is 1. The molecule has 1 aliphatic heterocycles. The van der Waals surface area contributed by atoms with E-state index in [1.54, 1.807) is 12.1 Å². The van der Waals surface area contributed by atoms with Crippen molar-refractivity contribution >= 4 is 22.1 Å². The van der Waals surface area contributed by atoms with Gasteiger partial charge in [0.25, 0.3) is 5.91 Å². The Balaban J connectivity index is 1.57. The van der Waals surface area contributed by atoms with E-state index in [9.17, 15) is 13.2 Å². The van der Waals surface area contributed by atoms with Crippen LogP contribution in [0, 0.1) is 0 Å². The number of fused-ring (bicyclic) bond motifs is 1. The van der Waals surface area contributed by atoms with Gasteiger partial charge in [-0.1, -0.05) is 0 Å². The topological polar surface area (TPSA) is 119 Å². The van der Waals surface area contributed by atoms with Crippen LogP contribution < -0.4 is 19.6 Å². The Bertz CT molecular complexity index is 877. The lowest BCUT2D eigenvalue weighted by Crippen LogP contribution is -2.35. The second-order valence-electron chi connectivity index (χ2n) is 4.94. The number of ether oxygens (including phenoxy) is 2. The maximum Gasteiger partial charge on any atom is 0.255 e. The summed E-state index contributed by atoms with van der Waals surface area (Å²) < 4.78 is 42.4. The summed E-state index contributed by atoms with van der Waals surface area (Å²) in [6.07, 6.45) is 2.76. The minimum atomic E-state index is -3.87. The maximum atomic E-state index is 12.2. The van der Waals surface area contributed by atoms with Crippen LogP contribution in [0.4, 0.5) is 0 Å². The Kier molecular flexibility index (Phi) is 5.00. The van der Waals surface area contributed by atoms with Gasteiger partial charge < -0.3 is 13.9 Å². The predicted molar refractivity (Wildman–Crippen MR) is 87.1 cm³/mol. The Morgan fingerprint density at radius 3 is 2.76 bits per heavy atom. The van der Waals surface area contributed by atoms with E-state index < -0.39 is 22.5 Å². The number of rotatable bonds is 6. The number of furan rings is 1. The van der Waals surface area contributed by atoms with Gasteiger partial charge in [-0.25, -0.2) is 18.6 Å². The summed E-state index contributed by atoms with van der Waals surface area (Å²) in [7, 11) is -3.87. The minimum absolute atomic E-state index is 0.0244. The van der Waals surface area contributed by atoms with E-state index in [0.29, 0.717) is 30.5 Å². The molecule has 0 fully saturated rings. The van der Waals surface area contributed by atoms with Gasteiger partial charge in [-0.3, -0.25) is 4.79 Å². The molecule has 1 aliphatic rings. The minimum Gasteiger partial charge on any atom is -0.486 e. The fraction of sp³-hybridized carbons (Fsp3) is 0.200. The van der Waals surface area contributed by atoms with Gasteiger partial charge in [0.2, 0.25) is 10.0 Å². The van der Waals surface area contributed by atoms with E-state index in [1.165, 1.54) is 30.7 Å². The molecular weight excluding hydrogens is 350 g/mol. The standard InChI is InChI=1S/C15H15N3O6S/c19-15(18-16-9-11-2-1-5-22-11)10-17-25(20,21)12-3-4-13-14(8-12)24-7-6-23-13/h1-5,8-9,17H,6-7,10H2,(H,18,19)/b16-9+. The smallest absolute Gasteiger partial charge is 0.255 e. The van der Waals surface area contributed by atoms with Crippen molar-refractivity contribution in [3.63, 3.8) is 0 Å². The lowest BCUT2D eigenvalue weighted by atomic mass is 10.3. The lowest BCUT2D eigenvalue weighted by molar-refractivity contribution is -0.119. The average molecular weight is 365 g/mol. The molecule has 0 radical (unpaired) electrons. The van der Waals surface area contributed by atoms with Crippen molar-refractivity contribution < 1.29 is 27.1 Å². The molecule has 3 rings (SSSR count). The van der Waals surface area contributed by atoms with Gasteiger partial charge >= 0.3 is 0 Å². The molecule has 0 saturated heterocycles. The second kappa shape index (κ2) is 7.36. The fourth-order valence-corrected chi connectivity index (χ4v) is 3.00. The van der Waals surface area contributed by atoms with Crippen LogP contribution in [0.5, 0.6) is 11.5 Å². The normalized spacial score (nSPS) is 13.8. The van der Waals surface area contributed by atoms with Crippen LogP contribution in [0.3, 0.4) is 0 Å². The largest absolute Gasteiger partial charge is 0.486 e. The van der Waals surface area contributed by atoms with E-state index in [0.717, 1.165) is 0 Å². The first kappa shape index (κ1) is 17.0. The Labute approximate surface area is 143 Å². The summed E-state index contributed by atoms with van der Waals surface area (Å²) in [5.74, 6) is 0.665. The SMILES string of the molecule is O=C(CNS(=O)(=O)c1ccc2c(c1)OCCO2)N/N=C/c1ccco1. The molecule has 25 heavy (non-hydrogen) atoms. The van der Waals surface area contributed by atoms with Crippen molar-refractivity contribution in [1.29, 1.82) is 0 Å². The number of hydrazone groups is 1. The number of carbonyl (C=O) groups is 1. The van der Waals surface area contributed by atoms with E-state index >= 15 is 0 Å². The third-order valence-electron chi connectivity index (χ3n) is 3.17. The van der Waals surface area contributed by atoms with Gasteiger partial charge in [-0.05, 0) is 24.3 Å². The van der Waals surface area contributed by atoms with Gasteiger partial charge in [-0.2, -0.15) is 5.10 Å². The average Bonchev–Trinajstić information content (AvgIpc) is 3.13. The predicted octanol–water partition coefficient (Wildman–Crippen LogP) is 0.479. The highest BCUT2D eigenvalue weighted by Crippen LogP contribution is 2.32. The first-order valence-corrected chi connectivity index (χ1v) is 8.78. The van der Waals surface area contributed by atoms with Crippen molar-refractivity contribution in [3.8, 4) is 11.5 Å². The molecule has 0 saturated carbocycles. The van der Waals surface area contributed by atoms with Crippen LogP contribution >= 0.6 is 0 Å². The molecule has 0 aliphatic carbocycles. The summed E-state index contributed by atoms with van der Waals surface area (Å²) in [5.41, 5.74) is 2.19. The molecule has 2 aromatic rings. The number of benzene rings is 1. The molecule has 0 spiro atoms. The van der Waals surface area contributed by atoms with E-state index in [-0.39, 0.29) is 4.90 Å². The monoisotopic (exact) mass is 365 g/mol. The summed E-state index contributed by atoms with van der Waals surface area (Å²) in [5, 5.41) is 3.66. The highest BCUT2D eigenvalue weighted by atomic mass is 32.2. The van der Waals surface area contributed by atoms with Crippen LogP contribution in [0.1, 0.15) is 5.76 Å². The summed E-state index contributed by atoms with van der Waals surface area (Å²) in [4.78, 5) is 11.6. The molecule has 0 bridgehead atoms. The molecule has 2 N–H and O–H groups in total. The third-order valence-corrected chi connectivity index (χ3v) is 4.57. The van der Waals surface area contributed by atoms with Crippen LogP contribution in [0.15, 0.2) is 51.0 Å². The first-order chi connectivity index (χ1) is 12.0. The number of hydrogen-bond donors (Lipinski definition) is 2. The molecule has 1 amide bonds. The molecule has 2 heterocycles. The van der Waals surface area contributed by atoms with Crippen LogP contribution in [-0.2, 0) is 14.8 Å². The van der Waals surface area contributed by atoms with Gasteiger partial charge in [0.05, 0.1) is 23.9 Å². The number of nitrogens with zero attached hydrogens (tertiary/aromatic N) is 1. The van der Waals surface area contributed by atoms with Gasteiger partial charge in [0.15, 0.2) is 11.5 Å². The number of hydrogen-bond acceptors (Lipinski definition) is 7. The summed E-state index contributed by atoms with van der Waals surface area (Å²) >= 11 is 0. The van der Waals surface area contributed by atoms with Gasteiger partial charge in [-0.15, -0.1) is 0 Å². The fourth-order valence-electron chi connectivity index (χ4n) is 2.01. The zero-order valence-electron chi connectivity index (χ0n) is 13.0. The molecule has 1 aromatic heterocycles. The van der Waals surface area contributed by atoms with E-state index in [4.69, 9.17) is 13.9 Å². The molecule has 132 valence electrons. The highest BCUT2D eigenvalue weighted by Gasteiger charge is 2.20. The number of sulfonamides is 1. The van der Waals surface area contributed by atoms with E-state index in [1.807, 2.05) is 0 Å². The van der Waals surface area contributed by atoms with Crippen LogP contribution in [-0.4, -0.2) is 40.3 Å². The van der Waals surface area contributed by atoms with Crippen molar-refractivity contribution in [3.05, 3.63) is 42.4 Å². The highest BCUT2D eigenvalue weighted by molar-refractivity contribution is 7.89. The Morgan fingerprint density at radius 2 is 2.00 bits per heavy atom. The lowest BCUT2D eigenvalue weighted by Gasteiger charge is -2.18. The van der Waals surface area contributed by atoms with Crippen LogP contribution in [0.25, 0.3) is 0 Å². The van der Waals surface area contributed by atoms with Gasteiger partial charge in [0.1, 0.15) is 19.0 Å². The molecule has 10 heteroatoms. The maximum absolute atomic E-state index is 12.2. The number of amides is 1. The zero-order valence-corrected chi connectivity index (χ0v) is 13.8. The summed E-state index contributed by atoms with van der Waals surface area (Å²) in [6.45, 7) is 0.294. The number of nitrogens with one attached hydrogen (secondary N) is 2. The van der Waals surface area contributed by atoms with Crippen molar-refractivity contribution in [2.45, 2.75) is 4.90 Å². The van der Waals surface area contributed by atoms with E-state index in [2.05, 4.69) is 15.2 Å². The third kappa shape index (κ3) is 4.37. The molecule has 9 nitrogen and oxygen atoms in total. The molecular formula is C15H15N3O6S. The summed E-state index contributed by atoms with van der Waals surface area (Å²) in [6, 6.07) is 7.56. The van der Waals surface area contributed by atoms with Crippen molar-refractivity contribution in [2.24, 2.45) is 5.10 Å².